The van der Waals surface area contributed by atoms with Crippen molar-refractivity contribution >= 4 is 8.07 Å². The van der Waals surface area contributed by atoms with Gasteiger partial charge in [-0.15, -0.1) is 0 Å². The number of ether oxygens (including phenoxy) is 5. The highest BCUT2D eigenvalue weighted by atomic mass is 28.3. The average Bonchev–Trinajstić information content (AvgIpc) is 2.76. The topological polar surface area (TPSA) is 66.4 Å². The molecule has 0 unspecified atom stereocenters. The summed E-state index contributed by atoms with van der Waals surface area (Å²) < 4.78 is 29.0. The summed E-state index contributed by atoms with van der Waals surface area (Å²) in [6.07, 6.45) is -1.49. The monoisotopic (exact) mass is 460 g/mol. The smallest absolute Gasteiger partial charge is 0.202 e. The number of aliphatic hydroxyl groups excluding tert-OH is 1. The Hall–Kier alpha value is -1.90. The van der Waals surface area contributed by atoms with Gasteiger partial charge in [-0.25, -0.2) is 0 Å². The van der Waals surface area contributed by atoms with Gasteiger partial charge in [0.05, 0.1) is 18.8 Å². The molecule has 1 aliphatic heterocycles. The second-order valence-electron chi connectivity index (χ2n) is 9.40. The van der Waals surface area contributed by atoms with Gasteiger partial charge in [0.1, 0.15) is 17.6 Å². The summed E-state index contributed by atoms with van der Waals surface area (Å²) in [4.78, 5) is 0. The lowest BCUT2D eigenvalue weighted by atomic mass is 10.0. The highest BCUT2D eigenvalue weighted by Crippen LogP contribution is 2.27. The fourth-order valence-corrected chi connectivity index (χ4v) is 4.10. The van der Waals surface area contributed by atoms with E-state index in [0.717, 1.165) is 24.0 Å². The molecule has 2 aromatic carbocycles. The van der Waals surface area contributed by atoms with E-state index in [1.165, 1.54) is 0 Å². The zero-order valence-electron chi connectivity index (χ0n) is 19.5. The molecule has 6 nitrogen and oxygen atoms in total. The molecule has 0 aromatic heterocycles. The third kappa shape index (κ3) is 8.22. The van der Waals surface area contributed by atoms with E-state index in [9.17, 15) is 5.11 Å². The minimum Gasteiger partial charge on any atom is -0.468 e. The molecular formula is C25H36O6Si. The van der Waals surface area contributed by atoms with Gasteiger partial charge in [-0.2, -0.15) is 0 Å². The van der Waals surface area contributed by atoms with Crippen LogP contribution in [-0.2, 0) is 20.8 Å². The number of benzene rings is 2. The second kappa shape index (κ2) is 11.8. The molecule has 1 aliphatic rings. The predicted octanol–water partition coefficient (Wildman–Crippen LogP) is 4.84. The van der Waals surface area contributed by atoms with Gasteiger partial charge in [0.15, 0.2) is 6.79 Å². The Balaban J connectivity index is 1.45. The van der Waals surface area contributed by atoms with Crippen LogP contribution in [0, 0.1) is 0 Å². The normalized spacial score (nSPS) is 23.7. The molecule has 3 rings (SSSR count). The van der Waals surface area contributed by atoms with Crippen molar-refractivity contribution in [2.75, 3.05) is 13.4 Å². The number of hydrogen-bond donors (Lipinski definition) is 1. The maximum Gasteiger partial charge on any atom is 0.202 e. The summed E-state index contributed by atoms with van der Waals surface area (Å²) in [5.74, 6) is 1.40. The summed E-state index contributed by atoms with van der Waals surface area (Å²) in [5, 5.41) is 10.5. The van der Waals surface area contributed by atoms with Crippen LogP contribution in [0.5, 0.6) is 11.5 Å². The van der Waals surface area contributed by atoms with E-state index in [0.29, 0.717) is 18.8 Å². The molecule has 2 aromatic rings. The molecule has 1 fully saturated rings. The van der Waals surface area contributed by atoms with Crippen molar-refractivity contribution in [3.8, 4) is 11.5 Å². The van der Waals surface area contributed by atoms with Crippen molar-refractivity contribution in [1.82, 2.24) is 0 Å². The van der Waals surface area contributed by atoms with E-state index in [2.05, 4.69) is 19.6 Å². The summed E-state index contributed by atoms with van der Waals surface area (Å²) in [7, 11) is -1.09. The van der Waals surface area contributed by atoms with Crippen LogP contribution in [0.2, 0.25) is 25.7 Å². The van der Waals surface area contributed by atoms with Crippen molar-refractivity contribution in [3.63, 3.8) is 0 Å². The number of aliphatic hydroxyl groups is 1. The lowest BCUT2D eigenvalue weighted by molar-refractivity contribution is -0.228. The van der Waals surface area contributed by atoms with Gasteiger partial charge in [-0.1, -0.05) is 50.0 Å². The Morgan fingerprint density at radius 3 is 2.38 bits per heavy atom. The van der Waals surface area contributed by atoms with Gasteiger partial charge in [0.2, 0.25) is 6.29 Å². The Morgan fingerprint density at radius 2 is 1.69 bits per heavy atom. The van der Waals surface area contributed by atoms with Gasteiger partial charge in [0, 0.05) is 21.1 Å². The van der Waals surface area contributed by atoms with Crippen LogP contribution < -0.4 is 9.47 Å². The minimum absolute atomic E-state index is 0.242. The molecule has 32 heavy (non-hydrogen) atoms. The third-order valence-electron chi connectivity index (χ3n) is 5.36. The van der Waals surface area contributed by atoms with E-state index in [-0.39, 0.29) is 19.0 Å². The maximum absolute atomic E-state index is 10.5. The Morgan fingerprint density at radius 1 is 1.00 bits per heavy atom. The summed E-state index contributed by atoms with van der Waals surface area (Å²) in [6.45, 7) is 10.2. The lowest BCUT2D eigenvalue weighted by Gasteiger charge is -2.37. The largest absolute Gasteiger partial charge is 0.468 e. The van der Waals surface area contributed by atoms with E-state index < -0.39 is 20.5 Å². The van der Waals surface area contributed by atoms with Crippen molar-refractivity contribution in [2.45, 2.75) is 70.2 Å². The molecule has 7 heteroatoms. The van der Waals surface area contributed by atoms with Gasteiger partial charge < -0.3 is 28.8 Å². The van der Waals surface area contributed by atoms with E-state index in [4.69, 9.17) is 23.7 Å². The molecule has 1 N–H and O–H groups in total. The van der Waals surface area contributed by atoms with Gasteiger partial charge in [-0.3, -0.25) is 0 Å². The van der Waals surface area contributed by atoms with E-state index in [1.54, 1.807) is 0 Å². The predicted molar refractivity (Wildman–Crippen MR) is 127 cm³/mol. The zero-order chi connectivity index (χ0) is 23.0. The molecule has 0 aliphatic carbocycles. The zero-order valence-corrected chi connectivity index (χ0v) is 20.5. The first kappa shape index (κ1) is 24.7. The van der Waals surface area contributed by atoms with Crippen molar-refractivity contribution in [3.05, 3.63) is 60.2 Å². The first-order valence-electron chi connectivity index (χ1n) is 11.3. The minimum atomic E-state index is -1.09. The van der Waals surface area contributed by atoms with E-state index in [1.807, 2.05) is 61.5 Å². The molecule has 4 atom stereocenters. The second-order valence-corrected chi connectivity index (χ2v) is 15.0. The third-order valence-corrected chi connectivity index (χ3v) is 7.06. The fourth-order valence-electron chi connectivity index (χ4n) is 3.34. The van der Waals surface area contributed by atoms with Crippen LogP contribution in [0.1, 0.15) is 18.9 Å². The van der Waals surface area contributed by atoms with Crippen LogP contribution in [-0.4, -0.2) is 51.2 Å². The Bertz CT molecular complexity index is 792. The molecule has 1 saturated heterocycles. The molecule has 0 radical (unpaired) electrons. The van der Waals surface area contributed by atoms with Crippen LogP contribution in [0.3, 0.4) is 0 Å². The summed E-state index contributed by atoms with van der Waals surface area (Å²) in [6, 6.07) is 18.4. The Kier molecular flexibility index (Phi) is 9.13. The van der Waals surface area contributed by atoms with Gasteiger partial charge in [0.25, 0.3) is 0 Å². The quantitative estimate of drug-likeness (QED) is 0.294. The first-order valence-corrected chi connectivity index (χ1v) is 15.0. The molecule has 0 bridgehead atoms. The van der Waals surface area contributed by atoms with Gasteiger partial charge >= 0.3 is 0 Å². The summed E-state index contributed by atoms with van der Waals surface area (Å²) in [5.41, 5.74) is 1.07. The van der Waals surface area contributed by atoms with Gasteiger partial charge in [-0.05, 0) is 42.8 Å². The molecule has 0 amide bonds. The highest BCUT2D eigenvalue weighted by Gasteiger charge is 2.37. The first-order chi connectivity index (χ1) is 15.3. The molecule has 0 saturated carbocycles. The van der Waals surface area contributed by atoms with Crippen LogP contribution in [0.25, 0.3) is 0 Å². The SMILES string of the molecule is C[C@H]1O[C@@H](Oc2ccc(OCOCC[Si](C)(C)C)cc2)C[C@@H](OCc2ccccc2)[C@@H]1O. The Labute approximate surface area is 192 Å². The number of rotatable bonds is 11. The average molecular weight is 461 g/mol. The molecule has 0 spiro atoms. The highest BCUT2D eigenvalue weighted by molar-refractivity contribution is 6.76. The lowest BCUT2D eigenvalue weighted by Crippen LogP contribution is -2.49. The van der Waals surface area contributed by atoms with Crippen LogP contribution in [0.15, 0.2) is 54.6 Å². The van der Waals surface area contributed by atoms with Crippen molar-refractivity contribution in [1.29, 1.82) is 0 Å². The molecular weight excluding hydrogens is 424 g/mol. The van der Waals surface area contributed by atoms with Crippen LogP contribution in [0.4, 0.5) is 0 Å². The van der Waals surface area contributed by atoms with Crippen LogP contribution >= 0.6 is 0 Å². The maximum atomic E-state index is 10.5. The fraction of sp³-hybridized carbons (Fsp3) is 0.520. The van der Waals surface area contributed by atoms with Crippen molar-refractivity contribution < 1.29 is 28.8 Å². The standard InChI is InChI=1S/C25H36O6Si/c1-19-25(26)23(28-17-20-8-6-5-7-9-20)16-24(30-19)31-22-12-10-21(11-13-22)29-18-27-14-15-32(2,3)4/h5-13,19,23-26H,14-18H2,1-4H3/t19-,23-,24+,25-/m1/s1. The van der Waals surface area contributed by atoms with E-state index >= 15 is 0 Å². The van der Waals surface area contributed by atoms with Crippen molar-refractivity contribution in [2.24, 2.45) is 0 Å². The molecule has 1 heterocycles. The number of hydrogen-bond acceptors (Lipinski definition) is 6. The molecule has 176 valence electrons. The summed E-state index contributed by atoms with van der Waals surface area (Å²) >= 11 is 0.